The van der Waals surface area contributed by atoms with Crippen LogP contribution in [0.4, 0.5) is 5.95 Å². The number of piperidine rings is 1. The predicted molar refractivity (Wildman–Crippen MR) is 75.0 cm³/mol. The molecule has 0 N–H and O–H groups in total. The van der Waals surface area contributed by atoms with Gasteiger partial charge in [-0.1, -0.05) is 13.8 Å². The van der Waals surface area contributed by atoms with Gasteiger partial charge in [-0.2, -0.15) is 0 Å². The van der Waals surface area contributed by atoms with Crippen LogP contribution in [-0.2, 0) is 0 Å². The monoisotopic (exact) mass is 248 g/mol. The van der Waals surface area contributed by atoms with Crippen LogP contribution in [0.5, 0.6) is 0 Å². The molecular weight excluding hydrogens is 224 g/mol. The molecule has 4 nitrogen and oxygen atoms in total. The molecule has 100 valence electrons. The minimum Gasteiger partial charge on any atom is -0.341 e. The van der Waals surface area contributed by atoms with Crippen molar-refractivity contribution in [3.8, 4) is 0 Å². The van der Waals surface area contributed by atoms with Crippen LogP contribution in [0.3, 0.4) is 0 Å². The molecule has 1 saturated heterocycles. The van der Waals surface area contributed by atoms with E-state index in [4.69, 9.17) is 0 Å². The maximum atomic E-state index is 4.67. The highest BCUT2D eigenvalue weighted by Crippen LogP contribution is 2.20. The van der Waals surface area contributed by atoms with Gasteiger partial charge >= 0.3 is 0 Å². The maximum Gasteiger partial charge on any atom is 0.225 e. The van der Waals surface area contributed by atoms with Gasteiger partial charge in [0.2, 0.25) is 5.95 Å². The lowest BCUT2D eigenvalue weighted by Gasteiger charge is -2.35. The maximum absolute atomic E-state index is 4.67. The number of rotatable bonds is 3. The van der Waals surface area contributed by atoms with Gasteiger partial charge in [-0.3, -0.25) is 0 Å². The highest BCUT2D eigenvalue weighted by atomic mass is 15.3. The Morgan fingerprint density at radius 3 is 2.50 bits per heavy atom. The molecule has 0 spiro atoms. The van der Waals surface area contributed by atoms with Crippen LogP contribution in [0.2, 0.25) is 0 Å². The van der Waals surface area contributed by atoms with E-state index in [2.05, 4.69) is 47.7 Å². The van der Waals surface area contributed by atoms with Crippen molar-refractivity contribution >= 4 is 5.95 Å². The number of nitrogens with zero attached hydrogens (tertiary/aromatic N) is 4. The van der Waals surface area contributed by atoms with E-state index >= 15 is 0 Å². The quantitative estimate of drug-likeness (QED) is 0.820. The van der Waals surface area contributed by atoms with Gasteiger partial charge < -0.3 is 9.80 Å². The van der Waals surface area contributed by atoms with Crippen molar-refractivity contribution < 1.29 is 0 Å². The summed E-state index contributed by atoms with van der Waals surface area (Å²) < 4.78 is 0. The minimum absolute atomic E-state index is 0.464. The third-order valence-electron chi connectivity index (χ3n) is 3.73. The van der Waals surface area contributed by atoms with E-state index in [1.807, 2.05) is 12.3 Å². The van der Waals surface area contributed by atoms with Crippen LogP contribution in [0.15, 0.2) is 12.3 Å². The Morgan fingerprint density at radius 2 is 1.94 bits per heavy atom. The lowest BCUT2D eigenvalue weighted by molar-refractivity contribution is 0.249. The smallest absolute Gasteiger partial charge is 0.225 e. The molecule has 18 heavy (non-hydrogen) atoms. The van der Waals surface area contributed by atoms with Gasteiger partial charge in [0.1, 0.15) is 0 Å². The molecule has 0 atom stereocenters. The standard InChI is InChI=1S/C14H24N4/c1-11(2)13-5-8-15-14(16-13)18-9-6-12(7-10-18)17(3)4/h5,8,11-12H,6-7,9-10H2,1-4H3. The summed E-state index contributed by atoms with van der Waals surface area (Å²) in [7, 11) is 4.33. The Bertz CT molecular complexity index is 381. The summed E-state index contributed by atoms with van der Waals surface area (Å²) >= 11 is 0. The third-order valence-corrected chi connectivity index (χ3v) is 3.73. The van der Waals surface area contributed by atoms with Gasteiger partial charge in [0.05, 0.1) is 0 Å². The second-order valence-corrected chi connectivity index (χ2v) is 5.62. The van der Waals surface area contributed by atoms with Crippen molar-refractivity contribution in [1.82, 2.24) is 14.9 Å². The van der Waals surface area contributed by atoms with Crippen LogP contribution < -0.4 is 4.90 Å². The Labute approximate surface area is 110 Å². The van der Waals surface area contributed by atoms with Crippen LogP contribution in [0.25, 0.3) is 0 Å². The number of aromatic nitrogens is 2. The molecule has 0 aromatic carbocycles. The Hall–Kier alpha value is -1.16. The van der Waals surface area contributed by atoms with E-state index in [1.54, 1.807) is 0 Å². The number of anilines is 1. The zero-order chi connectivity index (χ0) is 13.1. The molecule has 1 fully saturated rings. The molecular formula is C14H24N4. The van der Waals surface area contributed by atoms with Gasteiger partial charge in [-0.15, -0.1) is 0 Å². The highest BCUT2D eigenvalue weighted by molar-refractivity contribution is 5.31. The molecule has 2 heterocycles. The average Bonchev–Trinajstić information content (AvgIpc) is 2.39. The summed E-state index contributed by atoms with van der Waals surface area (Å²) in [5.74, 6) is 1.37. The Kier molecular flexibility index (Phi) is 4.17. The first kappa shape index (κ1) is 13.3. The van der Waals surface area contributed by atoms with Crippen molar-refractivity contribution in [3.63, 3.8) is 0 Å². The van der Waals surface area contributed by atoms with E-state index in [1.165, 1.54) is 12.8 Å². The summed E-state index contributed by atoms with van der Waals surface area (Å²) in [6.07, 6.45) is 4.28. The molecule has 1 aromatic heterocycles. The van der Waals surface area contributed by atoms with Crippen molar-refractivity contribution in [3.05, 3.63) is 18.0 Å². The van der Waals surface area contributed by atoms with E-state index in [9.17, 15) is 0 Å². The summed E-state index contributed by atoms with van der Waals surface area (Å²) in [4.78, 5) is 13.7. The molecule has 1 aliphatic rings. The first-order valence-electron chi connectivity index (χ1n) is 6.82. The van der Waals surface area contributed by atoms with Gasteiger partial charge in [0.25, 0.3) is 0 Å². The summed E-state index contributed by atoms with van der Waals surface area (Å²) in [6.45, 7) is 6.46. The largest absolute Gasteiger partial charge is 0.341 e. The lowest BCUT2D eigenvalue weighted by atomic mass is 10.0. The summed E-state index contributed by atoms with van der Waals surface area (Å²) in [5.41, 5.74) is 1.13. The zero-order valence-electron chi connectivity index (χ0n) is 11.9. The van der Waals surface area contributed by atoms with Crippen molar-refractivity contribution in [1.29, 1.82) is 0 Å². The van der Waals surface area contributed by atoms with E-state index in [-0.39, 0.29) is 0 Å². The van der Waals surface area contributed by atoms with Gasteiger partial charge in [-0.05, 0) is 38.9 Å². The van der Waals surface area contributed by atoms with Gasteiger partial charge in [0.15, 0.2) is 0 Å². The summed E-state index contributed by atoms with van der Waals surface area (Å²) in [5, 5.41) is 0. The van der Waals surface area contributed by atoms with E-state index in [0.29, 0.717) is 12.0 Å². The van der Waals surface area contributed by atoms with Gasteiger partial charge in [0, 0.05) is 31.0 Å². The van der Waals surface area contributed by atoms with Crippen molar-refractivity contribution in [2.24, 2.45) is 0 Å². The van der Waals surface area contributed by atoms with Crippen LogP contribution >= 0.6 is 0 Å². The third kappa shape index (κ3) is 2.99. The number of hydrogen-bond acceptors (Lipinski definition) is 4. The van der Waals surface area contributed by atoms with Crippen LogP contribution in [0, 0.1) is 0 Å². The molecule has 0 radical (unpaired) electrons. The lowest BCUT2D eigenvalue weighted by Crippen LogP contribution is -2.42. The van der Waals surface area contributed by atoms with E-state index < -0.39 is 0 Å². The molecule has 0 aliphatic carbocycles. The first-order chi connectivity index (χ1) is 8.58. The molecule has 1 aromatic rings. The fourth-order valence-corrected chi connectivity index (χ4v) is 2.42. The molecule has 0 bridgehead atoms. The van der Waals surface area contributed by atoms with Crippen LogP contribution in [0.1, 0.15) is 38.3 Å². The Morgan fingerprint density at radius 1 is 1.28 bits per heavy atom. The number of hydrogen-bond donors (Lipinski definition) is 0. The molecule has 2 rings (SSSR count). The molecule has 1 aliphatic heterocycles. The second-order valence-electron chi connectivity index (χ2n) is 5.62. The normalized spacial score (nSPS) is 17.8. The molecule has 0 saturated carbocycles. The fourth-order valence-electron chi connectivity index (χ4n) is 2.42. The molecule has 0 amide bonds. The van der Waals surface area contributed by atoms with Crippen molar-refractivity contribution in [2.45, 2.75) is 38.6 Å². The Balaban J connectivity index is 2.03. The summed E-state index contributed by atoms with van der Waals surface area (Å²) in [6, 6.07) is 2.72. The van der Waals surface area contributed by atoms with E-state index in [0.717, 1.165) is 24.7 Å². The minimum atomic E-state index is 0.464. The van der Waals surface area contributed by atoms with Crippen molar-refractivity contribution in [2.75, 3.05) is 32.1 Å². The fraction of sp³-hybridized carbons (Fsp3) is 0.714. The molecule has 4 heteroatoms. The highest BCUT2D eigenvalue weighted by Gasteiger charge is 2.22. The SMILES string of the molecule is CC(C)c1ccnc(N2CCC(N(C)C)CC2)n1. The topological polar surface area (TPSA) is 32.3 Å². The molecule has 0 unspecified atom stereocenters. The predicted octanol–water partition coefficient (Wildman–Crippen LogP) is 2.13. The van der Waals surface area contributed by atoms with Gasteiger partial charge in [-0.25, -0.2) is 9.97 Å². The average molecular weight is 248 g/mol. The zero-order valence-corrected chi connectivity index (χ0v) is 11.9. The van der Waals surface area contributed by atoms with Crippen LogP contribution in [-0.4, -0.2) is 48.1 Å². The first-order valence-corrected chi connectivity index (χ1v) is 6.82. The second kappa shape index (κ2) is 5.65.